The molecule has 3 heterocycles. The van der Waals surface area contributed by atoms with Crippen molar-refractivity contribution < 1.29 is 38.8 Å². The molecule has 11 nitrogen and oxygen atoms in total. The zero-order valence-corrected chi connectivity index (χ0v) is 26.5. The Morgan fingerprint density at radius 1 is 1.30 bits per heavy atom. The van der Waals surface area contributed by atoms with Crippen molar-refractivity contribution in [3.63, 3.8) is 0 Å². The van der Waals surface area contributed by atoms with Crippen LogP contribution in [-0.4, -0.2) is 75.0 Å². The maximum Gasteiger partial charge on any atom is 0.408 e. The van der Waals surface area contributed by atoms with Crippen molar-refractivity contribution in [3.8, 4) is 11.5 Å². The summed E-state index contributed by atoms with van der Waals surface area (Å²) in [5.74, 6) is -0.870. The monoisotopic (exact) mass is 631 g/mol. The number of halogens is 1. The van der Waals surface area contributed by atoms with Gasteiger partial charge in [-0.25, -0.2) is 14.6 Å². The average Bonchev–Trinajstić information content (AvgIpc) is 3.33. The molecular weight excluding hydrogens is 590 g/mol. The highest BCUT2D eigenvalue weighted by Gasteiger charge is 2.53. The summed E-state index contributed by atoms with van der Waals surface area (Å²) in [5, 5.41) is 24.1. The van der Waals surface area contributed by atoms with Crippen LogP contribution in [0.3, 0.4) is 0 Å². The maximum atomic E-state index is 14.0. The van der Waals surface area contributed by atoms with Crippen LogP contribution in [0.1, 0.15) is 77.0 Å². The number of carboxylic acids is 1. The normalized spacial score (nSPS) is 20.1. The molecule has 1 aromatic carbocycles. The summed E-state index contributed by atoms with van der Waals surface area (Å²) in [6, 6.07) is 1.30. The lowest BCUT2D eigenvalue weighted by atomic mass is 9.87. The van der Waals surface area contributed by atoms with Gasteiger partial charge >= 0.3 is 12.1 Å². The number of aliphatic hydroxyl groups is 1. The Balaban J connectivity index is 1.64. The number of nitrogens with one attached hydrogen (secondary N) is 1. The quantitative estimate of drug-likeness (QED) is 0.226. The molecule has 44 heavy (non-hydrogen) atoms. The van der Waals surface area contributed by atoms with E-state index < -0.39 is 47.9 Å². The molecule has 12 heteroatoms. The molecule has 2 amide bonds. The third-order valence-corrected chi connectivity index (χ3v) is 8.43. The van der Waals surface area contributed by atoms with E-state index in [1.165, 1.54) is 12.0 Å². The van der Waals surface area contributed by atoms with Crippen LogP contribution < -0.4 is 14.8 Å². The van der Waals surface area contributed by atoms with E-state index in [2.05, 4.69) is 16.9 Å². The fourth-order valence-electron chi connectivity index (χ4n) is 6.03. The topological polar surface area (TPSA) is 148 Å². The van der Waals surface area contributed by atoms with Crippen molar-refractivity contribution in [2.45, 2.75) is 102 Å². The molecular formula is C32H42ClN3O8. The van der Waals surface area contributed by atoms with Crippen LogP contribution in [0.4, 0.5) is 4.79 Å². The van der Waals surface area contributed by atoms with E-state index in [4.69, 9.17) is 25.8 Å². The number of ether oxygens (including phenoxy) is 3. The van der Waals surface area contributed by atoms with Gasteiger partial charge in [0.05, 0.1) is 30.8 Å². The van der Waals surface area contributed by atoms with E-state index in [-0.39, 0.29) is 13.0 Å². The molecule has 1 aromatic heterocycles. The second-order valence-corrected chi connectivity index (χ2v) is 12.8. The number of carbonyl (C=O) groups is 3. The van der Waals surface area contributed by atoms with Crippen LogP contribution in [0.5, 0.6) is 11.5 Å². The zero-order chi connectivity index (χ0) is 32.2. The number of hydrogen-bond donors (Lipinski definition) is 3. The third kappa shape index (κ3) is 7.21. The van der Waals surface area contributed by atoms with Crippen molar-refractivity contribution in [2.75, 3.05) is 13.7 Å². The standard InChI is InChI=1S/C32H42ClN3O8/c1-6-7-8-9-10-11-21(35-30(41)44-31(2,3)4)28(38)36-18-32(16-23(36)29(39)40)15-14-19-25-20(12-13-24(42-5)26(25)33)34-22(17-37)27(19)43-32/h6,12-13,21,23,37H,1,7-11,14-18H2,2-5H3,(H,35,41)(H,39,40)/t21-,23-,32?/m0/s1. The molecule has 2 aliphatic rings. The van der Waals surface area contributed by atoms with Gasteiger partial charge in [0.25, 0.3) is 0 Å². The lowest BCUT2D eigenvalue weighted by Gasteiger charge is -2.37. The first kappa shape index (κ1) is 33.3. The first-order valence-corrected chi connectivity index (χ1v) is 15.3. The largest absolute Gasteiger partial charge is 0.495 e. The first-order valence-electron chi connectivity index (χ1n) is 14.9. The Kier molecular flexibility index (Phi) is 10.3. The first-order chi connectivity index (χ1) is 20.8. The van der Waals surface area contributed by atoms with E-state index in [9.17, 15) is 24.6 Å². The highest BCUT2D eigenvalue weighted by atomic mass is 35.5. The number of alkyl carbamates (subject to hydrolysis) is 1. The number of carbonyl (C=O) groups excluding carboxylic acids is 2. The number of benzene rings is 1. The van der Waals surface area contributed by atoms with Gasteiger partial charge in [-0.2, -0.15) is 0 Å². The Morgan fingerprint density at radius 2 is 2.05 bits per heavy atom. The van der Waals surface area contributed by atoms with Gasteiger partial charge < -0.3 is 34.6 Å². The molecule has 0 aliphatic carbocycles. The van der Waals surface area contributed by atoms with Gasteiger partial charge in [-0.05, 0) is 65.0 Å². The smallest absolute Gasteiger partial charge is 0.408 e. The Bertz CT molecular complexity index is 1420. The summed E-state index contributed by atoms with van der Waals surface area (Å²) in [7, 11) is 1.52. The predicted molar refractivity (Wildman–Crippen MR) is 165 cm³/mol. The number of aliphatic hydroxyl groups excluding tert-OH is 1. The average molecular weight is 632 g/mol. The number of unbranched alkanes of at least 4 members (excludes halogenated alkanes) is 3. The Hall–Kier alpha value is -3.57. The molecule has 0 bridgehead atoms. The molecule has 2 aromatic rings. The summed E-state index contributed by atoms with van der Waals surface area (Å²) in [6.45, 7) is 8.49. The van der Waals surface area contributed by atoms with Gasteiger partial charge in [0.1, 0.15) is 40.5 Å². The van der Waals surface area contributed by atoms with E-state index in [0.717, 1.165) is 24.8 Å². The second-order valence-electron chi connectivity index (χ2n) is 12.4. The van der Waals surface area contributed by atoms with Crippen LogP contribution >= 0.6 is 11.6 Å². The number of hydrogen-bond acceptors (Lipinski definition) is 8. The molecule has 0 saturated carbocycles. The fourth-order valence-corrected chi connectivity index (χ4v) is 6.38. The van der Waals surface area contributed by atoms with Gasteiger partial charge in [0.15, 0.2) is 0 Å². The number of rotatable bonds is 11. The van der Waals surface area contributed by atoms with Crippen molar-refractivity contribution in [2.24, 2.45) is 0 Å². The van der Waals surface area contributed by atoms with Gasteiger partial charge in [-0.3, -0.25) is 4.79 Å². The van der Waals surface area contributed by atoms with Gasteiger partial charge in [-0.1, -0.05) is 30.5 Å². The molecule has 3 N–H and O–H groups in total. The summed E-state index contributed by atoms with van der Waals surface area (Å²) >= 11 is 6.68. The van der Waals surface area contributed by atoms with Crippen LogP contribution in [0.15, 0.2) is 24.8 Å². The van der Waals surface area contributed by atoms with Gasteiger partial charge in [0.2, 0.25) is 5.91 Å². The molecule has 0 radical (unpaired) electrons. The summed E-state index contributed by atoms with van der Waals surface area (Å²) < 4.78 is 17.4. The number of aromatic nitrogens is 1. The lowest BCUT2D eigenvalue weighted by molar-refractivity contribution is -0.149. The molecule has 1 saturated heterocycles. The Labute approximate surface area is 262 Å². The highest BCUT2D eigenvalue weighted by molar-refractivity contribution is 6.37. The van der Waals surface area contributed by atoms with E-state index in [1.807, 2.05) is 6.08 Å². The van der Waals surface area contributed by atoms with Crippen LogP contribution in [-0.2, 0) is 27.4 Å². The number of aliphatic carboxylic acids is 1. The number of pyridine rings is 1. The molecule has 3 atom stereocenters. The number of aryl methyl sites for hydroxylation is 1. The minimum absolute atomic E-state index is 0.0139. The molecule has 1 unspecified atom stereocenters. The van der Waals surface area contributed by atoms with E-state index >= 15 is 0 Å². The minimum Gasteiger partial charge on any atom is -0.495 e. The SMILES string of the molecule is C=CCCCCC[C@H](NC(=O)OC(C)(C)C)C(=O)N1CC2(CCc3c(c(CO)nc4ccc(OC)c(Cl)c34)O2)C[C@H]1C(=O)O. The maximum absolute atomic E-state index is 14.0. The number of allylic oxidation sites excluding steroid dienone is 1. The van der Waals surface area contributed by atoms with Crippen LogP contribution in [0, 0.1) is 0 Å². The Morgan fingerprint density at radius 3 is 2.68 bits per heavy atom. The lowest BCUT2D eigenvalue weighted by Crippen LogP contribution is -2.53. The molecule has 2 aliphatic heterocycles. The zero-order valence-electron chi connectivity index (χ0n) is 25.8. The number of nitrogens with zero attached hydrogens (tertiary/aromatic N) is 2. The number of amides is 2. The van der Waals surface area contributed by atoms with Crippen molar-refractivity contribution in [1.29, 1.82) is 0 Å². The van der Waals surface area contributed by atoms with Crippen molar-refractivity contribution >= 4 is 40.5 Å². The van der Waals surface area contributed by atoms with E-state index in [1.54, 1.807) is 32.9 Å². The molecule has 4 rings (SSSR count). The van der Waals surface area contributed by atoms with Gasteiger partial charge in [-0.15, -0.1) is 6.58 Å². The fraction of sp³-hybridized carbons (Fsp3) is 0.562. The van der Waals surface area contributed by atoms with E-state index in [0.29, 0.717) is 58.8 Å². The molecule has 1 fully saturated rings. The third-order valence-electron chi connectivity index (χ3n) is 8.06. The van der Waals surface area contributed by atoms with Crippen molar-refractivity contribution in [1.82, 2.24) is 15.2 Å². The van der Waals surface area contributed by atoms with Crippen LogP contribution in [0.2, 0.25) is 5.02 Å². The molecule has 240 valence electrons. The number of carboxylic acid groups (broad SMARTS) is 1. The molecule has 1 spiro atoms. The summed E-state index contributed by atoms with van der Waals surface area (Å²) in [6.07, 6.45) is 5.46. The number of fused-ring (bicyclic) bond motifs is 3. The second kappa shape index (κ2) is 13.6. The summed E-state index contributed by atoms with van der Waals surface area (Å²) in [5.41, 5.74) is -0.199. The summed E-state index contributed by atoms with van der Waals surface area (Å²) in [4.78, 5) is 45.1. The minimum atomic E-state index is -1.18. The predicted octanol–water partition coefficient (Wildman–Crippen LogP) is 5.17. The highest BCUT2D eigenvalue weighted by Crippen LogP contribution is 2.47. The number of methoxy groups -OCH3 is 1. The van der Waals surface area contributed by atoms with Crippen molar-refractivity contribution in [3.05, 3.63) is 41.1 Å². The van der Waals surface area contributed by atoms with Gasteiger partial charge in [0, 0.05) is 17.4 Å². The number of likely N-dealkylation sites (tertiary alicyclic amines) is 1. The van der Waals surface area contributed by atoms with Crippen LogP contribution in [0.25, 0.3) is 10.9 Å².